The maximum atomic E-state index is 12.4. The summed E-state index contributed by atoms with van der Waals surface area (Å²) in [6.45, 7) is 3.35. The Morgan fingerprint density at radius 1 is 1.39 bits per heavy atom. The van der Waals surface area contributed by atoms with E-state index in [1.807, 2.05) is 0 Å². The molecule has 6 nitrogen and oxygen atoms in total. The van der Waals surface area contributed by atoms with Crippen LogP contribution in [0.5, 0.6) is 0 Å². The first-order chi connectivity index (χ1) is 8.41. The van der Waals surface area contributed by atoms with Crippen molar-refractivity contribution in [1.82, 2.24) is 14.1 Å². The molecule has 0 atom stereocenters. The minimum Gasteiger partial charge on any atom is -0.274 e. The first-order valence-electron chi connectivity index (χ1n) is 6.15. The molecule has 0 unspecified atom stereocenters. The number of anilines is 1. The second-order valence-electron chi connectivity index (χ2n) is 4.90. The summed E-state index contributed by atoms with van der Waals surface area (Å²) in [5, 5.41) is 4.12. The highest BCUT2D eigenvalue weighted by molar-refractivity contribution is 7.90. The highest BCUT2D eigenvalue weighted by Gasteiger charge is 2.30. The summed E-state index contributed by atoms with van der Waals surface area (Å²) in [4.78, 5) is 0. The highest BCUT2D eigenvalue weighted by atomic mass is 32.2. The van der Waals surface area contributed by atoms with Gasteiger partial charge in [-0.25, -0.2) is 4.31 Å². The maximum absolute atomic E-state index is 12.4. The van der Waals surface area contributed by atoms with Gasteiger partial charge in [0.15, 0.2) is 5.82 Å². The van der Waals surface area contributed by atoms with E-state index in [-0.39, 0.29) is 0 Å². The monoisotopic (exact) mass is 272 g/mol. The van der Waals surface area contributed by atoms with Crippen LogP contribution in [0.4, 0.5) is 5.82 Å². The molecular weight excluding hydrogens is 252 g/mol. The number of hydrogen-bond donors (Lipinski definition) is 0. The second-order valence-corrected chi connectivity index (χ2v) is 6.86. The first-order valence-corrected chi connectivity index (χ1v) is 7.54. The Kier molecular flexibility index (Phi) is 3.63. The van der Waals surface area contributed by atoms with E-state index in [0.717, 1.165) is 12.8 Å². The molecule has 1 aromatic heterocycles. The third-order valence-corrected chi connectivity index (χ3v) is 5.33. The van der Waals surface area contributed by atoms with E-state index in [0.29, 0.717) is 24.8 Å². The molecule has 1 aliphatic heterocycles. The molecule has 0 N–H and O–H groups in total. The summed E-state index contributed by atoms with van der Waals surface area (Å²) in [5.74, 6) is 1.06. The number of rotatable bonds is 3. The molecule has 18 heavy (non-hydrogen) atoms. The number of piperidine rings is 1. The van der Waals surface area contributed by atoms with Gasteiger partial charge in [-0.15, -0.1) is 0 Å². The lowest BCUT2D eigenvalue weighted by Crippen LogP contribution is -2.45. The molecule has 0 aliphatic carbocycles. The predicted octanol–water partition coefficient (Wildman–Crippen LogP) is 0.833. The van der Waals surface area contributed by atoms with Crippen LogP contribution >= 0.6 is 0 Å². The number of hydrogen-bond acceptors (Lipinski definition) is 3. The molecule has 1 fully saturated rings. The smallest absolute Gasteiger partial charge is 0.274 e. The highest BCUT2D eigenvalue weighted by Crippen LogP contribution is 2.22. The Hall–Kier alpha value is -1.08. The van der Waals surface area contributed by atoms with Crippen molar-refractivity contribution in [2.45, 2.75) is 19.8 Å². The summed E-state index contributed by atoms with van der Waals surface area (Å²) in [6.07, 6.45) is 3.59. The van der Waals surface area contributed by atoms with E-state index in [9.17, 15) is 8.42 Å². The molecule has 0 bridgehead atoms. The van der Waals surface area contributed by atoms with Crippen LogP contribution in [0, 0.1) is 5.92 Å². The normalized spacial score (nSPS) is 19.1. The van der Waals surface area contributed by atoms with Crippen molar-refractivity contribution in [3.8, 4) is 0 Å². The van der Waals surface area contributed by atoms with Crippen molar-refractivity contribution >= 4 is 16.0 Å². The van der Waals surface area contributed by atoms with Gasteiger partial charge in [0.25, 0.3) is 0 Å². The molecule has 0 saturated carbocycles. The van der Waals surface area contributed by atoms with Gasteiger partial charge >= 0.3 is 10.2 Å². The molecule has 1 saturated heterocycles. The van der Waals surface area contributed by atoms with Crippen molar-refractivity contribution in [1.29, 1.82) is 0 Å². The first kappa shape index (κ1) is 13.4. The SMILES string of the molecule is CC1CCN(S(=O)(=O)N(C)c2ccn(C)n2)CC1. The molecule has 1 aromatic rings. The van der Waals surface area contributed by atoms with E-state index >= 15 is 0 Å². The average Bonchev–Trinajstić information content (AvgIpc) is 2.75. The Balaban J connectivity index is 2.15. The fraction of sp³-hybridized carbons (Fsp3) is 0.727. The number of aryl methyl sites for hydroxylation is 1. The van der Waals surface area contributed by atoms with Crippen molar-refractivity contribution in [2.24, 2.45) is 13.0 Å². The van der Waals surface area contributed by atoms with Crippen LogP contribution in [0.3, 0.4) is 0 Å². The van der Waals surface area contributed by atoms with Crippen LogP contribution in [-0.2, 0) is 17.3 Å². The lowest BCUT2D eigenvalue weighted by atomic mass is 10.0. The van der Waals surface area contributed by atoms with Crippen LogP contribution in [0.15, 0.2) is 12.3 Å². The summed E-state index contributed by atoms with van der Waals surface area (Å²) < 4.78 is 29.2. The van der Waals surface area contributed by atoms with Crippen LogP contribution in [0.1, 0.15) is 19.8 Å². The number of aromatic nitrogens is 2. The third-order valence-electron chi connectivity index (χ3n) is 3.44. The zero-order chi connectivity index (χ0) is 13.3. The molecule has 0 aromatic carbocycles. The number of nitrogens with zero attached hydrogens (tertiary/aromatic N) is 4. The standard InChI is InChI=1S/C11H20N4O2S/c1-10-4-8-15(9-5-10)18(16,17)14(3)11-6-7-13(2)12-11/h6-7,10H,4-5,8-9H2,1-3H3. The van der Waals surface area contributed by atoms with E-state index in [1.165, 1.54) is 4.31 Å². The van der Waals surface area contributed by atoms with Gasteiger partial charge in [-0.3, -0.25) is 4.68 Å². The Bertz CT molecular complexity index is 503. The second kappa shape index (κ2) is 4.89. The summed E-state index contributed by atoms with van der Waals surface area (Å²) in [7, 11) is -0.113. The third kappa shape index (κ3) is 2.51. The molecular formula is C11H20N4O2S. The maximum Gasteiger partial charge on any atom is 0.305 e. The van der Waals surface area contributed by atoms with Gasteiger partial charge < -0.3 is 0 Å². The van der Waals surface area contributed by atoms with Gasteiger partial charge in [-0.2, -0.15) is 17.8 Å². The molecule has 102 valence electrons. The Morgan fingerprint density at radius 2 is 2.00 bits per heavy atom. The van der Waals surface area contributed by atoms with Gasteiger partial charge in [0.05, 0.1) is 0 Å². The van der Waals surface area contributed by atoms with Crippen LogP contribution in [-0.4, -0.2) is 42.6 Å². The largest absolute Gasteiger partial charge is 0.305 e. The molecule has 0 radical (unpaired) electrons. The fourth-order valence-corrected chi connectivity index (χ4v) is 3.43. The topological polar surface area (TPSA) is 58.4 Å². The molecule has 0 spiro atoms. The molecule has 7 heteroatoms. The fourth-order valence-electron chi connectivity index (χ4n) is 2.08. The molecule has 2 heterocycles. The molecule has 1 aliphatic rings. The van der Waals surface area contributed by atoms with Gasteiger partial charge in [0, 0.05) is 39.4 Å². The Morgan fingerprint density at radius 3 is 2.50 bits per heavy atom. The molecule has 2 rings (SSSR count). The Labute approximate surface area is 108 Å². The minimum absolute atomic E-state index is 0.455. The van der Waals surface area contributed by atoms with Crippen LogP contribution < -0.4 is 4.31 Å². The minimum atomic E-state index is -3.43. The lowest BCUT2D eigenvalue weighted by Gasteiger charge is -2.32. The van der Waals surface area contributed by atoms with Crippen LogP contribution in [0.2, 0.25) is 0 Å². The molecule has 0 amide bonds. The van der Waals surface area contributed by atoms with Gasteiger partial charge in [-0.05, 0) is 18.8 Å². The summed E-state index contributed by atoms with van der Waals surface area (Å²) >= 11 is 0. The van der Waals surface area contributed by atoms with Gasteiger partial charge in [0.2, 0.25) is 0 Å². The zero-order valence-corrected chi connectivity index (χ0v) is 11.9. The quantitative estimate of drug-likeness (QED) is 0.819. The van der Waals surface area contributed by atoms with Gasteiger partial charge in [0.1, 0.15) is 0 Å². The average molecular weight is 272 g/mol. The summed E-state index contributed by atoms with van der Waals surface area (Å²) in [6, 6.07) is 1.70. The predicted molar refractivity (Wildman–Crippen MR) is 70.5 cm³/mol. The van der Waals surface area contributed by atoms with Gasteiger partial charge in [-0.1, -0.05) is 6.92 Å². The summed E-state index contributed by atoms with van der Waals surface area (Å²) in [5.41, 5.74) is 0. The van der Waals surface area contributed by atoms with E-state index in [4.69, 9.17) is 0 Å². The van der Waals surface area contributed by atoms with E-state index in [2.05, 4.69) is 12.0 Å². The van der Waals surface area contributed by atoms with E-state index in [1.54, 1.807) is 35.3 Å². The van der Waals surface area contributed by atoms with Crippen molar-refractivity contribution < 1.29 is 8.42 Å². The lowest BCUT2D eigenvalue weighted by molar-refractivity contribution is 0.287. The van der Waals surface area contributed by atoms with E-state index < -0.39 is 10.2 Å². The van der Waals surface area contributed by atoms with Crippen LogP contribution in [0.25, 0.3) is 0 Å². The van der Waals surface area contributed by atoms with Crippen molar-refractivity contribution in [3.63, 3.8) is 0 Å². The zero-order valence-electron chi connectivity index (χ0n) is 11.1. The van der Waals surface area contributed by atoms with Crippen molar-refractivity contribution in [3.05, 3.63) is 12.3 Å². The van der Waals surface area contributed by atoms with Crippen molar-refractivity contribution in [2.75, 3.05) is 24.4 Å².